The Morgan fingerprint density at radius 1 is 1.20 bits per heavy atom. The fourth-order valence-corrected chi connectivity index (χ4v) is 4.04. The highest BCUT2D eigenvalue weighted by atomic mass is 16.1. The maximum absolute atomic E-state index is 12.3. The number of carbonyl (C=O) groups excluding carboxylic acids is 1. The third-order valence-corrected chi connectivity index (χ3v) is 5.95. The molecule has 0 bridgehead atoms. The molecule has 1 aliphatic carbocycles. The Hall–Kier alpha value is -0.370. The molecule has 20 heavy (non-hydrogen) atoms. The van der Waals surface area contributed by atoms with Crippen molar-refractivity contribution in [1.82, 2.24) is 4.90 Å². The van der Waals surface area contributed by atoms with E-state index in [1.54, 1.807) is 0 Å². The predicted octanol–water partition coefficient (Wildman–Crippen LogP) is 4.14. The van der Waals surface area contributed by atoms with Gasteiger partial charge in [-0.15, -0.1) is 0 Å². The maximum Gasteiger partial charge on any atom is 0.137 e. The van der Waals surface area contributed by atoms with Gasteiger partial charge in [-0.05, 0) is 56.4 Å². The number of Topliss-reactive ketones (excluding diaryl/α,β-unsaturated/α-hetero) is 1. The van der Waals surface area contributed by atoms with E-state index in [4.69, 9.17) is 0 Å². The first kappa shape index (κ1) is 16.0. The van der Waals surface area contributed by atoms with Crippen LogP contribution in [-0.4, -0.2) is 29.8 Å². The Bertz CT molecular complexity index is 344. The second-order valence-corrected chi connectivity index (χ2v) is 8.36. The van der Waals surface area contributed by atoms with Gasteiger partial charge in [-0.25, -0.2) is 0 Å². The largest absolute Gasteiger partial charge is 0.300 e. The number of likely N-dealkylation sites (tertiary alicyclic amines) is 1. The van der Waals surface area contributed by atoms with Crippen molar-refractivity contribution in [3.05, 3.63) is 0 Å². The van der Waals surface area contributed by atoms with Crippen molar-refractivity contribution < 1.29 is 4.79 Å². The SMILES string of the molecule is CC1CCCN(CC2CC(C(C)(C)C)CCC2=O)C1C. The van der Waals surface area contributed by atoms with Crippen LogP contribution in [0.2, 0.25) is 0 Å². The van der Waals surface area contributed by atoms with Gasteiger partial charge >= 0.3 is 0 Å². The molecule has 2 rings (SSSR count). The number of nitrogens with zero attached hydrogens (tertiary/aromatic N) is 1. The number of hydrogen-bond donors (Lipinski definition) is 0. The van der Waals surface area contributed by atoms with E-state index in [0.717, 1.165) is 31.7 Å². The average molecular weight is 279 g/mol. The second kappa shape index (κ2) is 6.17. The minimum absolute atomic E-state index is 0.292. The molecule has 0 aromatic heterocycles. The van der Waals surface area contributed by atoms with Gasteiger partial charge in [0.2, 0.25) is 0 Å². The first-order valence-electron chi connectivity index (χ1n) is 8.55. The van der Waals surface area contributed by atoms with Gasteiger partial charge in [0, 0.05) is 24.9 Å². The minimum atomic E-state index is 0.292. The van der Waals surface area contributed by atoms with Gasteiger partial charge in [0.25, 0.3) is 0 Å². The zero-order chi connectivity index (χ0) is 14.9. The molecule has 1 saturated heterocycles. The van der Waals surface area contributed by atoms with E-state index in [1.165, 1.54) is 19.4 Å². The number of ketones is 1. The molecule has 0 N–H and O–H groups in total. The maximum atomic E-state index is 12.3. The summed E-state index contributed by atoms with van der Waals surface area (Å²) in [7, 11) is 0. The molecule has 2 heteroatoms. The summed E-state index contributed by atoms with van der Waals surface area (Å²) in [6.45, 7) is 13.9. The van der Waals surface area contributed by atoms with Crippen LogP contribution in [0.3, 0.4) is 0 Å². The highest BCUT2D eigenvalue weighted by Gasteiger charge is 2.37. The minimum Gasteiger partial charge on any atom is -0.300 e. The molecule has 2 nitrogen and oxygen atoms in total. The monoisotopic (exact) mass is 279 g/mol. The van der Waals surface area contributed by atoms with Gasteiger partial charge < -0.3 is 0 Å². The summed E-state index contributed by atoms with van der Waals surface area (Å²) in [5, 5.41) is 0. The molecule has 1 saturated carbocycles. The van der Waals surface area contributed by atoms with Crippen LogP contribution in [-0.2, 0) is 4.79 Å². The van der Waals surface area contributed by atoms with Crippen LogP contribution < -0.4 is 0 Å². The molecule has 0 spiro atoms. The first-order valence-corrected chi connectivity index (χ1v) is 8.55. The van der Waals surface area contributed by atoms with Crippen molar-refractivity contribution in [2.45, 2.75) is 72.8 Å². The van der Waals surface area contributed by atoms with Crippen LogP contribution in [0.1, 0.15) is 66.7 Å². The molecule has 1 heterocycles. The van der Waals surface area contributed by atoms with Crippen molar-refractivity contribution in [2.24, 2.45) is 23.2 Å². The van der Waals surface area contributed by atoms with Gasteiger partial charge in [-0.2, -0.15) is 0 Å². The van der Waals surface area contributed by atoms with Gasteiger partial charge in [-0.1, -0.05) is 27.7 Å². The zero-order valence-electron chi connectivity index (χ0n) is 14.1. The quantitative estimate of drug-likeness (QED) is 0.757. The normalized spacial score (nSPS) is 37.1. The first-order chi connectivity index (χ1) is 9.29. The Labute approximate surface area is 125 Å². The molecule has 1 aliphatic heterocycles. The lowest BCUT2D eigenvalue weighted by Gasteiger charge is -2.42. The lowest BCUT2D eigenvalue weighted by atomic mass is 9.68. The topological polar surface area (TPSA) is 20.3 Å². The van der Waals surface area contributed by atoms with Crippen molar-refractivity contribution in [3.63, 3.8) is 0 Å². The predicted molar refractivity (Wildman–Crippen MR) is 84.7 cm³/mol. The van der Waals surface area contributed by atoms with Crippen LogP contribution in [0.15, 0.2) is 0 Å². The average Bonchev–Trinajstić information content (AvgIpc) is 2.36. The van der Waals surface area contributed by atoms with Gasteiger partial charge in [0.15, 0.2) is 0 Å². The van der Waals surface area contributed by atoms with E-state index in [9.17, 15) is 4.79 Å². The van der Waals surface area contributed by atoms with Crippen LogP contribution in [0.25, 0.3) is 0 Å². The zero-order valence-corrected chi connectivity index (χ0v) is 14.1. The van der Waals surface area contributed by atoms with Crippen molar-refractivity contribution in [3.8, 4) is 0 Å². The molecule has 0 aromatic rings. The Kier molecular flexibility index (Phi) is 4.94. The lowest BCUT2D eigenvalue weighted by molar-refractivity contribution is -0.127. The van der Waals surface area contributed by atoms with Crippen LogP contribution in [0, 0.1) is 23.2 Å². The van der Waals surface area contributed by atoms with Crippen molar-refractivity contribution in [1.29, 1.82) is 0 Å². The molecule has 2 fully saturated rings. The third kappa shape index (κ3) is 3.63. The molecule has 0 radical (unpaired) electrons. The second-order valence-electron chi connectivity index (χ2n) is 8.36. The van der Waals surface area contributed by atoms with E-state index in [-0.39, 0.29) is 0 Å². The Balaban J connectivity index is 1.98. The lowest BCUT2D eigenvalue weighted by Crippen LogP contribution is -2.47. The highest BCUT2D eigenvalue weighted by molar-refractivity contribution is 5.82. The van der Waals surface area contributed by atoms with E-state index in [0.29, 0.717) is 29.1 Å². The van der Waals surface area contributed by atoms with E-state index in [2.05, 4.69) is 39.5 Å². The standard InChI is InChI=1S/C18H33NO/c1-13-7-6-10-19(14(13)2)12-15-11-16(18(3,4)5)8-9-17(15)20/h13-16H,6-12H2,1-5H3. The van der Waals surface area contributed by atoms with Gasteiger partial charge in [0.05, 0.1) is 0 Å². The summed E-state index contributed by atoms with van der Waals surface area (Å²) in [6.07, 6.45) is 5.67. The smallest absolute Gasteiger partial charge is 0.137 e. The van der Waals surface area contributed by atoms with E-state index >= 15 is 0 Å². The van der Waals surface area contributed by atoms with Crippen molar-refractivity contribution in [2.75, 3.05) is 13.1 Å². The molecule has 116 valence electrons. The van der Waals surface area contributed by atoms with E-state index in [1.807, 2.05) is 0 Å². The fourth-order valence-electron chi connectivity index (χ4n) is 4.04. The summed E-state index contributed by atoms with van der Waals surface area (Å²) in [4.78, 5) is 14.9. The summed E-state index contributed by atoms with van der Waals surface area (Å²) in [6, 6.07) is 0.645. The Morgan fingerprint density at radius 2 is 1.90 bits per heavy atom. The molecule has 2 aliphatic rings. The van der Waals surface area contributed by atoms with Gasteiger partial charge in [0.1, 0.15) is 5.78 Å². The molecule has 4 atom stereocenters. The number of piperidine rings is 1. The van der Waals surface area contributed by atoms with E-state index < -0.39 is 0 Å². The van der Waals surface area contributed by atoms with Crippen LogP contribution in [0.5, 0.6) is 0 Å². The summed E-state index contributed by atoms with van der Waals surface area (Å²) >= 11 is 0. The Morgan fingerprint density at radius 3 is 2.55 bits per heavy atom. The molecule has 0 aromatic carbocycles. The fraction of sp³-hybridized carbons (Fsp3) is 0.944. The highest BCUT2D eigenvalue weighted by Crippen LogP contribution is 2.39. The summed E-state index contributed by atoms with van der Waals surface area (Å²) < 4.78 is 0. The molecule has 0 amide bonds. The molecule has 4 unspecified atom stereocenters. The number of rotatable bonds is 2. The van der Waals surface area contributed by atoms with Crippen LogP contribution in [0.4, 0.5) is 0 Å². The number of carbonyl (C=O) groups is 1. The molecular formula is C18H33NO. The summed E-state index contributed by atoms with van der Waals surface area (Å²) in [5.74, 6) is 2.31. The third-order valence-electron chi connectivity index (χ3n) is 5.95. The molecular weight excluding hydrogens is 246 g/mol. The number of hydrogen-bond acceptors (Lipinski definition) is 2. The summed E-state index contributed by atoms with van der Waals surface area (Å²) in [5.41, 5.74) is 0.347. The van der Waals surface area contributed by atoms with Gasteiger partial charge in [-0.3, -0.25) is 9.69 Å². The van der Waals surface area contributed by atoms with Crippen molar-refractivity contribution >= 4 is 5.78 Å². The van der Waals surface area contributed by atoms with Crippen LogP contribution >= 0.6 is 0 Å².